The minimum absolute atomic E-state index is 0.0555. The average molecular weight is 428 g/mol. The van der Waals surface area contributed by atoms with Gasteiger partial charge in [-0.15, -0.1) is 0 Å². The molecule has 30 heavy (non-hydrogen) atoms. The minimum Gasteiger partial charge on any atom is -0.350 e. The Labute approximate surface area is 182 Å². The molecule has 160 valence electrons. The molecule has 0 unspecified atom stereocenters. The van der Waals surface area contributed by atoms with Gasteiger partial charge in [-0.1, -0.05) is 37.3 Å². The molecule has 3 fully saturated rings. The molecule has 0 spiro atoms. The van der Waals surface area contributed by atoms with Crippen molar-refractivity contribution in [3.05, 3.63) is 28.9 Å². The molecule has 1 saturated heterocycles. The van der Waals surface area contributed by atoms with Crippen molar-refractivity contribution in [1.82, 2.24) is 9.88 Å². The van der Waals surface area contributed by atoms with E-state index >= 15 is 0 Å². The number of Topliss-reactive ketones (excluding diaryl/α,β-unsaturated/α-hetero) is 1. The van der Waals surface area contributed by atoms with Crippen LogP contribution >= 0.6 is 11.6 Å². The molecule has 1 aliphatic heterocycles. The zero-order chi connectivity index (χ0) is 20.7. The molecule has 1 amide bonds. The molecule has 3 aliphatic rings. The van der Waals surface area contributed by atoms with Crippen LogP contribution in [0.4, 0.5) is 5.69 Å². The second-order valence-corrected chi connectivity index (χ2v) is 9.85. The number of carbonyl (C=O) groups is 2. The highest BCUT2D eigenvalue weighted by molar-refractivity contribution is 6.31. The van der Waals surface area contributed by atoms with Crippen molar-refractivity contribution in [1.29, 1.82) is 0 Å². The van der Waals surface area contributed by atoms with Gasteiger partial charge in [0.25, 0.3) is 0 Å². The van der Waals surface area contributed by atoms with Crippen molar-refractivity contribution in [3.8, 4) is 0 Å². The van der Waals surface area contributed by atoms with E-state index in [2.05, 4.69) is 15.2 Å². The third-order valence-electron chi connectivity index (χ3n) is 7.29. The summed E-state index contributed by atoms with van der Waals surface area (Å²) < 4.78 is 0. The summed E-state index contributed by atoms with van der Waals surface area (Å²) in [6.45, 7) is 2.35. The van der Waals surface area contributed by atoms with Gasteiger partial charge >= 0.3 is 0 Å². The number of aromatic nitrogens is 1. The second-order valence-electron chi connectivity index (χ2n) is 9.41. The molecule has 5 rings (SSSR count). The number of nitrogens with one attached hydrogen (secondary N) is 2. The van der Waals surface area contributed by atoms with Crippen molar-refractivity contribution in [3.63, 3.8) is 0 Å². The molecule has 2 saturated carbocycles. The van der Waals surface area contributed by atoms with Crippen LogP contribution in [-0.2, 0) is 4.79 Å². The predicted molar refractivity (Wildman–Crippen MR) is 120 cm³/mol. The first-order valence-electron chi connectivity index (χ1n) is 11.5. The van der Waals surface area contributed by atoms with E-state index in [1.807, 2.05) is 12.1 Å². The molecule has 0 radical (unpaired) electrons. The van der Waals surface area contributed by atoms with E-state index in [-0.39, 0.29) is 17.6 Å². The third-order valence-corrected chi connectivity index (χ3v) is 7.52. The highest BCUT2D eigenvalue weighted by atomic mass is 35.5. The summed E-state index contributed by atoms with van der Waals surface area (Å²) in [6.07, 6.45) is 9.83. The quantitative estimate of drug-likeness (QED) is 0.618. The lowest BCUT2D eigenvalue weighted by Gasteiger charge is -2.34. The van der Waals surface area contributed by atoms with Crippen molar-refractivity contribution in [2.24, 2.45) is 17.8 Å². The van der Waals surface area contributed by atoms with E-state index in [1.165, 1.54) is 38.5 Å². The van der Waals surface area contributed by atoms with Gasteiger partial charge in [0.2, 0.25) is 5.91 Å². The molecular formula is C24H30ClN3O2. The number of rotatable bonds is 6. The SMILES string of the molecule is O=C(CN1CCC(C2CCCC2)CC1)Nc1c(C(=O)C2CC2)[nH]c2ccc(Cl)cc12. The number of hydrogen-bond donors (Lipinski definition) is 2. The zero-order valence-electron chi connectivity index (χ0n) is 17.4. The first kappa shape index (κ1) is 20.1. The van der Waals surface area contributed by atoms with Crippen molar-refractivity contribution >= 4 is 39.9 Å². The van der Waals surface area contributed by atoms with E-state index in [4.69, 9.17) is 11.6 Å². The van der Waals surface area contributed by atoms with E-state index < -0.39 is 0 Å². The lowest BCUT2D eigenvalue weighted by Crippen LogP contribution is -2.40. The molecule has 1 aromatic carbocycles. The summed E-state index contributed by atoms with van der Waals surface area (Å²) in [5.41, 5.74) is 1.94. The monoisotopic (exact) mass is 427 g/mol. The number of likely N-dealkylation sites (tertiary alicyclic amines) is 1. The standard InChI is InChI=1S/C24H30ClN3O2/c25-18-7-8-20-19(13-18)22(23(26-20)24(30)17-5-6-17)27-21(29)14-28-11-9-16(10-12-28)15-3-1-2-4-15/h7-8,13,15-17,26H,1-6,9-12,14H2,(H,27,29). The molecule has 0 bridgehead atoms. The van der Waals surface area contributed by atoms with E-state index in [9.17, 15) is 9.59 Å². The van der Waals surface area contributed by atoms with Crippen LogP contribution in [0.15, 0.2) is 18.2 Å². The molecule has 6 heteroatoms. The number of carbonyl (C=O) groups excluding carboxylic acids is 2. The summed E-state index contributed by atoms with van der Waals surface area (Å²) in [5.74, 6) is 1.87. The Kier molecular flexibility index (Phi) is 5.59. The lowest BCUT2D eigenvalue weighted by atomic mass is 9.83. The fraction of sp³-hybridized carbons (Fsp3) is 0.583. The minimum atomic E-state index is -0.0555. The molecule has 5 nitrogen and oxygen atoms in total. The smallest absolute Gasteiger partial charge is 0.238 e. The van der Waals surface area contributed by atoms with Crippen molar-refractivity contribution < 1.29 is 9.59 Å². The molecule has 2 aromatic rings. The van der Waals surface area contributed by atoms with Gasteiger partial charge in [-0.2, -0.15) is 0 Å². The molecule has 2 heterocycles. The number of anilines is 1. The van der Waals surface area contributed by atoms with Crippen LogP contribution in [0, 0.1) is 17.8 Å². The van der Waals surface area contributed by atoms with E-state index in [0.29, 0.717) is 22.9 Å². The number of piperidine rings is 1. The van der Waals surface area contributed by atoms with Gasteiger partial charge < -0.3 is 10.3 Å². The van der Waals surface area contributed by atoms with Gasteiger partial charge in [0.05, 0.1) is 12.2 Å². The summed E-state index contributed by atoms with van der Waals surface area (Å²) in [7, 11) is 0. The average Bonchev–Trinajstić information content (AvgIpc) is 3.34. The summed E-state index contributed by atoms with van der Waals surface area (Å²) in [6, 6.07) is 5.48. The lowest BCUT2D eigenvalue weighted by molar-refractivity contribution is -0.117. The number of aromatic amines is 1. The Morgan fingerprint density at radius 2 is 1.73 bits per heavy atom. The number of H-pyrrole nitrogens is 1. The zero-order valence-corrected chi connectivity index (χ0v) is 18.1. The largest absolute Gasteiger partial charge is 0.350 e. The van der Waals surface area contributed by atoms with Crippen LogP contribution < -0.4 is 5.32 Å². The number of hydrogen-bond acceptors (Lipinski definition) is 3. The molecule has 0 atom stereocenters. The maximum Gasteiger partial charge on any atom is 0.238 e. The van der Waals surface area contributed by atoms with Crippen LogP contribution in [0.1, 0.15) is 61.9 Å². The maximum atomic E-state index is 12.9. The number of amides is 1. The number of ketones is 1. The summed E-state index contributed by atoms with van der Waals surface area (Å²) >= 11 is 6.19. The van der Waals surface area contributed by atoms with Gasteiger partial charge in [0.1, 0.15) is 5.69 Å². The number of nitrogens with zero attached hydrogens (tertiary/aromatic N) is 1. The number of benzene rings is 1. The third kappa shape index (κ3) is 4.15. The fourth-order valence-electron chi connectivity index (χ4n) is 5.42. The molecule has 2 aliphatic carbocycles. The normalized spacial score (nSPS) is 21.4. The Morgan fingerprint density at radius 3 is 2.43 bits per heavy atom. The number of fused-ring (bicyclic) bond motifs is 1. The predicted octanol–water partition coefficient (Wildman–Crippen LogP) is 5.25. The Bertz CT molecular complexity index is 951. The van der Waals surface area contributed by atoms with Crippen molar-refractivity contribution in [2.45, 2.75) is 51.4 Å². The van der Waals surface area contributed by atoms with Gasteiger partial charge in [0.15, 0.2) is 5.78 Å². The summed E-state index contributed by atoms with van der Waals surface area (Å²) in [5, 5.41) is 4.45. The second kappa shape index (κ2) is 8.35. The van der Waals surface area contributed by atoms with Crippen LogP contribution in [0.2, 0.25) is 5.02 Å². The van der Waals surface area contributed by atoms with E-state index in [0.717, 1.165) is 48.7 Å². The number of halogens is 1. The first-order valence-corrected chi connectivity index (χ1v) is 11.8. The fourth-order valence-corrected chi connectivity index (χ4v) is 5.59. The maximum absolute atomic E-state index is 12.9. The van der Waals surface area contributed by atoms with Gasteiger partial charge in [-0.3, -0.25) is 14.5 Å². The van der Waals surface area contributed by atoms with Gasteiger partial charge in [-0.25, -0.2) is 0 Å². The Hall–Kier alpha value is -1.85. The van der Waals surface area contributed by atoms with Crippen LogP contribution in [0.3, 0.4) is 0 Å². The van der Waals surface area contributed by atoms with Gasteiger partial charge in [0, 0.05) is 21.8 Å². The highest BCUT2D eigenvalue weighted by Gasteiger charge is 2.34. The van der Waals surface area contributed by atoms with Crippen molar-refractivity contribution in [2.75, 3.05) is 25.0 Å². The van der Waals surface area contributed by atoms with E-state index in [1.54, 1.807) is 6.07 Å². The molecule has 2 N–H and O–H groups in total. The summed E-state index contributed by atoms with van der Waals surface area (Å²) in [4.78, 5) is 31.2. The van der Waals surface area contributed by atoms with Crippen LogP contribution in [0.25, 0.3) is 10.9 Å². The Balaban J connectivity index is 1.27. The van der Waals surface area contributed by atoms with Gasteiger partial charge in [-0.05, 0) is 68.8 Å². The molecular weight excluding hydrogens is 398 g/mol. The Morgan fingerprint density at radius 1 is 1.03 bits per heavy atom. The van der Waals surface area contributed by atoms with Crippen LogP contribution in [-0.4, -0.2) is 41.2 Å². The highest BCUT2D eigenvalue weighted by Crippen LogP contribution is 2.38. The van der Waals surface area contributed by atoms with Crippen LogP contribution in [0.5, 0.6) is 0 Å². The molecule has 1 aromatic heterocycles. The first-order chi connectivity index (χ1) is 14.6. The topological polar surface area (TPSA) is 65.2 Å².